The Morgan fingerprint density at radius 1 is 1.38 bits per heavy atom. The highest BCUT2D eigenvalue weighted by Gasteiger charge is 2.35. The van der Waals surface area contributed by atoms with E-state index in [1.165, 1.54) is 0 Å². The molecule has 0 amide bonds. The molecule has 21 heavy (non-hydrogen) atoms. The number of phenolic OH excluding ortho intramolecular Hbond substituents is 1. The minimum absolute atomic E-state index is 0.211. The zero-order valence-electron chi connectivity index (χ0n) is 10.1. The molecular weight excluding hydrogens is 312 g/mol. The standard InChI is InChI=1S/C11H8F4N4OS/c12-8-6(11(13,14)15)2-1-5(9(8)20)3-17-19-10-18-7(16)4-21-10/h1-4,20H,16H2,(H,18,19). The minimum atomic E-state index is -4.88. The van der Waals surface area contributed by atoms with Gasteiger partial charge in [-0.3, -0.25) is 5.43 Å². The molecule has 112 valence electrons. The van der Waals surface area contributed by atoms with Gasteiger partial charge in [0.05, 0.1) is 11.8 Å². The Morgan fingerprint density at radius 2 is 2.10 bits per heavy atom. The number of nitrogens with two attached hydrogens (primary N) is 1. The smallest absolute Gasteiger partial charge is 0.419 e. The van der Waals surface area contributed by atoms with E-state index < -0.39 is 23.3 Å². The summed E-state index contributed by atoms with van der Waals surface area (Å²) in [5.74, 6) is -2.60. The third kappa shape index (κ3) is 3.40. The molecule has 0 aliphatic rings. The molecule has 0 saturated carbocycles. The molecule has 10 heteroatoms. The fourth-order valence-electron chi connectivity index (χ4n) is 1.40. The maximum atomic E-state index is 13.4. The third-order valence-electron chi connectivity index (χ3n) is 2.34. The van der Waals surface area contributed by atoms with Crippen LogP contribution in [0, 0.1) is 5.82 Å². The molecule has 0 aliphatic carbocycles. The Bertz CT molecular complexity index is 683. The number of aromatic nitrogens is 1. The highest BCUT2D eigenvalue weighted by atomic mass is 32.1. The number of thiazole rings is 1. The first-order chi connectivity index (χ1) is 9.79. The largest absolute Gasteiger partial charge is 0.504 e. The van der Waals surface area contributed by atoms with Gasteiger partial charge in [-0.15, -0.1) is 11.3 Å². The third-order valence-corrected chi connectivity index (χ3v) is 3.10. The van der Waals surface area contributed by atoms with E-state index in [4.69, 9.17) is 5.73 Å². The molecule has 4 N–H and O–H groups in total. The number of phenols is 1. The Balaban J connectivity index is 2.19. The molecular formula is C11H8F4N4OS. The predicted octanol–water partition coefficient (Wildman–Crippen LogP) is 3.03. The molecule has 0 unspecified atom stereocenters. The number of nitrogens with one attached hydrogen (secondary N) is 1. The fraction of sp³-hybridized carbons (Fsp3) is 0.0909. The summed E-state index contributed by atoms with van der Waals surface area (Å²) in [6.07, 6.45) is -3.91. The van der Waals surface area contributed by atoms with Gasteiger partial charge in [0.1, 0.15) is 5.82 Å². The lowest BCUT2D eigenvalue weighted by Gasteiger charge is -2.09. The van der Waals surface area contributed by atoms with Crippen LogP contribution in [0.5, 0.6) is 5.75 Å². The highest BCUT2D eigenvalue weighted by Crippen LogP contribution is 2.35. The number of nitrogen functional groups attached to an aromatic ring is 1. The van der Waals surface area contributed by atoms with E-state index in [9.17, 15) is 22.7 Å². The monoisotopic (exact) mass is 320 g/mol. The summed E-state index contributed by atoms with van der Waals surface area (Å²) in [5.41, 5.74) is 6.07. The molecule has 0 fully saturated rings. The Hall–Kier alpha value is -2.36. The summed E-state index contributed by atoms with van der Waals surface area (Å²) < 4.78 is 50.7. The normalized spacial score (nSPS) is 12.0. The van der Waals surface area contributed by atoms with Crippen LogP contribution in [0.2, 0.25) is 0 Å². The topological polar surface area (TPSA) is 83.5 Å². The SMILES string of the molecule is Nc1csc(NN=Cc2ccc(C(F)(F)F)c(F)c2O)n1. The van der Waals surface area contributed by atoms with E-state index in [1.807, 2.05) is 0 Å². The zero-order valence-corrected chi connectivity index (χ0v) is 11.0. The number of nitrogens with zero attached hydrogens (tertiary/aromatic N) is 2. The van der Waals surface area contributed by atoms with Crippen LogP contribution in [0.15, 0.2) is 22.6 Å². The predicted molar refractivity (Wildman–Crippen MR) is 70.8 cm³/mol. The van der Waals surface area contributed by atoms with Gasteiger partial charge in [0.15, 0.2) is 11.6 Å². The second kappa shape index (κ2) is 5.56. The lowest BCUT2D eigenvalue weighted by Crippen LogP contribution is -2.08. The van der Waals surface area contributed by atoms with E-state index in [2.05, 4.69) is 15.5 Å². The number of benzene rings is 1. The molecule has 1 aromatic carbocycles. The van der Waals surface area contributed by atoms with E-state index in [0.29, 0.717) is 11.2 Å². The molecule has 1 heterocycles. The summed E-state index contributed by atoms with van der Waals surface area (Å²) in [5, 5.41) is 14.9. The quantitative estimate of drug-likeness (QED) is 0.461. The number of aromatic hydroxyl groups is 1. The van der Waals surface area contributed by atoms with Gasteiger partial charge in [-0.1, -0.05) is 0 Å². The van der Waals surface area contributed by atoms with Gasteiger partial charge in [0.2, 0.25) is 5.13 Å². The number of halogens is 4. The van der Waals surface area contributed by atoms with Crippen molar-refractivity contribution < 1.29 is 22.7 Å². The Kier molecular flexibility index (Phi) is 3.98. The summed E-state index contributed by atoms with van der Waals surface area (Å²) in [6.45, 7) is 0. The molecule has 0 saturated heterocycles. The molecule has 0 spiro atoms. The van der Waals surface area contributed by atoms with Crippen LogP contribution in [0.1, 0.15) is 11.1 Å². The molecule has 0 aliphatic heterocycles. The van der Waals surface area contributed by atoms with Gasteiger partial charge < -0.3 is 10.8 Å². The van der Waals surface area contributed by atoms with E-state index in [1.54, 1.807) is 5.38 Å². The van der Waals surface area contributed by atoms with Crippen molar-refractivity contribution in [2.75, 3.05) is 11.2 Å². The first-order valence-electron chi connectivity index (χ1n) is 5.38. The summed E-state index contributed by atoms with van der Waals surface area (Å²) in [4.78, 5) is 3.81. The number of hydrogen-bond donors (Lipinski definition) is 3. The molecule has 5 nitrogen and oxygen atoms in total. The van der Waals surface area contributed by atoms with Crippen molar-refractivity contribution in [1.29, 1.82) is 0 Å². The summed E-state index contributed by atoms with van der Waals surface area (Å²) >= 11 is 1.15. The number of alkyl halides is 3. The van der Waals surface area contributed by atoms with Crippen molar-refractivity contribution >= 4 is 28.5 Å². The van der Waals surface area contributed by atoms with Crippen LogP contribution >= 0.6 is 11.3 Å². The van der Waals surface area contributed by atoms with Gasteiger partial charge in [-0.05, 0) is 12.1 Å². The van der Waals surface area contributed by atoms with E-state index in [0.717, 1.165) is 23.6 Å². The molecule has 0 bridgehead atoms. The summed E-state index contributed by atoms with van der Waals surface area (Å²) in [7, 11) is 0. The number of hydrazone groups is 1. The lowest BCUT2D eigenvalue weighted by molar-refractivity contribution is -0.140. The number of anilines is 2. The first-order valence-corrected chi connectivity index (χ1v) is 6.25. The van der Waals surface area contributed by atoms with Crippen LogP contribution in [-0.4, -0.2) is 16.3 Å². The second-order valence-corrected chi connectivity index (χ2v) is 4.67. The molecule has 2 aromatic rings. The minimum Gasteiger partial charge on any atom is -0.504 e. The molecule has 0 radical (unpaired) electrons. The molecule has 2 rings (SSSR count). The van der Waals surface area contributed by atoms with Gasteiger partial charge in [-0.2, -0.15) is 18.3 Å². The van der Waals surface area contributed by atoms with Gasteiger partial charge in [0.25, 0.3) is 0 Å². The van der Waals surface area contributed by atoms with Crippen molar-refractivity contribution in [3.8, 4) is 5.75 Å². The van der Waals surface area contributed by atoms with Crippen LogP contribution < -0.4 is 11.2 Å². The number of hydrogen-bond acceptors (Lipinski definition) is 6. The van der Waals surface area contributed by atoms with Crippen LogP contribution in [-0.2, 0) is 6.18 Å². The van der Waals surface area contributed by atoms with Crippen molar-refractivity contribution in [2.45, 2.75) is 6.18 Å². The lowest BCUT2D eigenvalue weighted by atomic mass is 10.1. The Labute approximate surface area is 119 Å². The van der Waals surface area contributed by atoms with Crippen molar-refractivity contribution in [3.63, 3.8) is 0 Å². The molecule has 0 atom stereocenters. The van der Waals surface area contributed by atoms with Gasteiger partial charge in [0, 0.05) is 10.9 Å². The van der Waals surface area contributed by atoms with Crippen molar-refractivity contribution in [3.05, 3.63) is 34.5 Å². The zero-order chi connectivity index (χ0) is 15.6. The van der Waals surface area contributed by atoms with Crippen molar-refractivity contribution in [1.82, 2.24) is 4.98 Å². The second-order valence-electron chi connectivity index (χ2n) is 3.81. The average molecular weight is 320 g/mol. The highest BCUT2D eigenvalue weighted by molar-refractivity contribution is 7.14. The number of rotatable bonds is 3. The van der Waals surface area contributed by atoms with Crippen LogP contribution in [0.3, 0.4) is 0 Å². The maximum absolute atomic E-state index is 13.4. The average Bonchev–Trinajstić information content (AvgIpc) is 2.79. The van der Waals surface area contributed by atoms with Crippen LogP contribution in [0.25, 0.3) is 0 Å². The molecule has 1 aromatic heterocycles. The van der Waals surface area contributed by atoms with Crippen LogP contribution in [0.4, 0.5) is 28.5 Å². The van der Waals surface area contributed by atoms with E-state index in [-0.39, 0.29) is 11.4 Å². The summed E-state index contributed by atoms with van der Waals surface area (Å²) in [6, 6.07) is 1.43. The van der Waals surface area contributed by atoms with E-state index >= 15 is 0 Å². The Morgan fingerprint density at radius 3 is 2.67 bits per heavy atom. The van der Waals surface area contributed by atoms with Gasteiger partial charge >= 0.3 is 6.18 Å². The first kappa shape index (κ1) is 15.0. The van der Waals surface area contributed by atoms with Gasteiger partial charge in [-0.25, -0.2) is 9.37 Å². The fourth-order valence-corrected chi connectivity index (χ4v) is 1.95. The maximum Gasteiger partial charge on any atom is 0.419 e. The van der Waals surface area contributed by atoms with Crippen molar-refractivity contribution in [2.24, 2.45) is 5.10 Å².